The minimum Gasteiger partial charge on any atom is -0.392 e. The molecule has 1 N–H and O–H groups in total. The number of fused-ring (bicyclic) bond motifs is 2. The molecule has 26 heavy (non-hydrogen) atoms. The number of amides is 2. The number of carbonyl (C=O) groups excluding carboxylic acids is 2. The Bertz CT molecular complexity index is 747. The van der Waals surface area contributed by atoms with Gasteiger partial charge in [-0.2, -0.15) is 0 Å². The van der Waals surface area contributed by atoms with E-state index in [1.54, 1.807) is 18.2 Å². The summed E-state index contributed by atoms with van der Waals surface area (Å²) < 4.78 is 14.1. The van der Waals surface area contributed by atoms with Gasteiger partial charge in [-0.25, -0.2) is 4.39 Å². The second-order valence-corrected chi connectivity index (χ2v) is 7.91. The number of aliphatic hydroxyl groups is 1. The Hall–Kier alpha value is -1.83. The van der Waals surface area contributed by atoms with Gasteiger partial charge in [0.15, 0.2) is 0 Å². The smallest absolute Gasteiger partial charge is 0.252 e. The molecular weight excluding hydrogens is 337 g/mol. The first kappa shape index (κ1) is 17.6. The Morgan fingerprint density at radius 1 is 1.27 bits per heavy atom. The summed E-state index contributed by atoms with van der Waals surface area (Å²) in [7, 11) is 0. The predicted octanol–water partition coefficient (Wildman–Crippen LogP) is 0.592. The lowest BCUT2D eigenvalue weighted by molar-refractivity contribution is -0.182. The van der Waals surface area contributed by atoms with Gasteiger partial charge in [0, 0.05) is 31.2 Å². The van der Waals surface area contributed by atoms with Crippen LogP contribution in [0.4, 0.5) is 4.39 Å². The number of nitrogens with zero attached hydrogens (tertiary/aromatic N) is 3. The molecule has 3 heterocycles. The molecule has 2 atom stereocenters. The molecule has 3 aliphatic rings. The third kappa shape index (κ3) is 2.49. The topological polar surface area (TPSA) is 64.1 Å². The fourth-order valence-corrected chi connectivity index (χ4v) is 4.43. The van der Waals surface area contributed by atoms with E-state index in [0.717, 1.165) is 0 Å². The summed E-state index contributed by atoms with van der Waals surface area (Å²) in [4.78, 5) is 31.5. The van der Waals surface area contributed by atoms with Crippen LogP contribution >= 0.6 is 0 Å². The number of imide groups is 1. The average molecular weight is 361 g/mol. The molecule has 0 aromatic heterocycles. The summed E-state index contributed by atoms with van der Waals surface area (Å²) in [5, 5.41) is 10.1. The fourth-order valence-electron chi connectivity index (χ4n) is 4.43. The fraction of sp³-hybridized carbons (Fsp3) is 0.579. The van der Waals surface area contributed by atoms with Gasteiger partial charge in [-0.05, 0) is 26.3 Å². The first-order valence-electron chi connectivity index (χ1n) is 9.11. The summed E-state index contributed by atoms with van der Waals surface area (Å²) in [5.41, 5.74) is -0.456. The third-order valence-electron chi connectivity index (χ3n) is 5.97. The number of piperazine rings is 1. The van der Waals surface area contributed by atoms with E-state index >= 15 is 0 Å². The standard InChI is InChI=1S/C19H24FN3O3/c1-12(2)21-10-19(11-21)18(26)22(8-13-5-3-4-6-15(13)20)17(25)16-7-14(24)9-23(16)19/h3-6,12,14,16,24H,7-11H2,1-2H3. The molecule has 1 spiro atoms. The molecule has 3 fully saturated rings. The number of benzene rings is 1. The van der Waals surface area contributed by atoms with Gasteiger partial charge < -0.3 is 5.11 Å². The molecule has 6 nitrogen and oxygen atoms in total. The van der Waals surface area contributed by atoms with Gasteiger partial charge in [-0.3, -0.25) is 24.3 Å². The molecule has 0 aliphatic carbocycles. The minimum absolute atomic E-state index is 0.0613. The molecule has 3 saturated heterocycles. The summed E-state index contributed by atoms with van der Waals surface area (Å²) in [5.74, 6) is -1.02. The lowest BCUT2D eigenvalue weighted by Crippen LogP contribution is -2.82. The SMILES string of the molecule is CC(C)N1CC2(C1)C(=O)N(Cc1ccccc1F)C(=O)C1CC(O)CN12. The van der Waals surface area contributed by atoms with Crippen LogP contribution in [0.3, 0.4) is 0 Å². The van der Waals surface area contributed by atoms with Gasteiger partial charge in [0.2, 0.25) is 5.91 Å². The number of carbonyl (C=O) groups is 2. The molecule has 7 heteroatoms. The van der Waals surface area contributed by atoms with E-state index in [0.29, 0.717) is 37.7 Å². The van der Waals surface area contributed by atoms with E-state index in [9.17, 15) is 19.1 Å². The van der Waals surface area contributed by atoms with E-state index in [2.05, 4.69) is 18.7 Å². The largest absolute Gasteiger partial charge is 0.392 e. The van der Waals surface area contributed by atoms with Crippen molar-refractivity contribution in [3.63, 3.8) is 0 Å². The van der Waals surface area contributed by atoms with Crippen molar-refractivity contribution >= 4 is 11.8 Å². The van der Waals surface area contributed by atoms with Crippen molar-refractivity contribution in [1.82, 2.24) is 14.7 Å². The number of hydrogen-bond acceptors (Lipinski definition) is 5. The monoisotopic (exact) mass is 361 g/mol. The Morgan fingerprint density at radius 3 is 2.62 bits per heavy atom. The van der Waals surface area contributed by atoms with Gasteiger partial charge in [0.25, 0.3) is 5.91 Å². The molecule has 0 radical (unpaired) electrons. The first-order valence-corrected chi connectivity index (χ1v) is 9.11. The molecule has 1 aromatic rings. The zero-order valence-electron chi connectivity index (χ0n) is 15.1. The van der Waals surface area contributed by atoms with Crippen LogP contribution in [0.2, 0.25) is 0 Å². The third-order valence-corrected chi connectivity index (χ3v) is 5.97. The minimum atomic E-state index is -0.786. The van der Waals surface area contributed by atoms with Crippen LogP contribution in [-0.2, 0) is 16.1 Å². The van der Waals surface area contributed by atoms with Gasteiger partial charge in [-0.1, -0.05) is 18.2 Å². The normalized spacial score (nSPS) is 28.7. The number of halogens is 1. The van der Waals surface area contributed by atoms with Crippen molar-refractivity contribution in [2.75, 3.05) is 19.6 Å². The zero-order chi connectivity index (χ0) is 18.6. The molecule has 0 bridgehead atoms. The Kier molecular flexibility index (Phi) is 4.13. The Morgan fingerprint density at radius 2 is 1.96 bits per heavy atom. The maximum atomic E-state index is 14.1. The second-order valence-electron chi connectivity index (χ2n) is 7.91. The van der Waals surface area contributed by atoms with Crippen molar-refractivity contribution in [1.29, 1.82) is 0 Å². The van der Waals surface area contributed by atoms with Crippen LogP contribution in [0.1, 0.15) is 25.8 Å². The van der Waals surface area contributed by atoms with Crippen molar-refractivity contribution in [2.24, 2.45) is 0 Å². The molecule has 0 saturated carbocycles. The van der Waals surface area contributed by atoms with E-state index in [-0.39, 0.29) is 18.4 Å². The maximum Gasteiger partial charge on any atom is 0.252 e. The predicted molar refractivity (Wildman–Crippen MR) is 92.5 cm³/mol. The highest BCUT2D eigenvalue weighted by Crippen LogP contribution is 2.41. The zero-order valence-corrected chi connectivity index (χ0v) is 15.1. The van der Waals surface area contributed by atoms with E-state index in [4.69, 9.17) is 0 Å². The number of hydrogen-bond donors (Lipinski definition) is 1. The molecule has 2 unspecified atom stereocenters. The highest BCUT2D eigenvalue weighted by atomic mass is 19.1. The van der Waals surface area contributed by atoms with Crippen molar-refractivity contribution in [3.05, 3.63) is 35.6 Å². The molecule has 3 aliphatic heterocycles. The Labute approximate surface area is 152 Å². The average Bonchev–Trinajstić information content (AvgIpc) is 2.94. The lowest BCUT2D eigenvalue weighted by atomic mass is 9.81. The molecule has 2 amide bonds. The van der Waals surface area contributed by atoms with Gasteiger partial charge in [0.1, 0.15) is 11.4 Å². The van der Waals surface area contributed by atoms with Crippen molar-refractivity contribution < 1.29 is 19.1 Å². The highest BCUT2D eigenvalue weighted by Gasteiger charge is 2.64. The quantitative estimate of drug-likeness (QED) is 0.799. The molecule has 1 aromatic carbocycles. The summed E-state index contributed by atoms with van der Waals surface area (Å²) in [6.45, 7) is 5.48. The first-order chi connectivity index (χ1) is 12.3. The Balaban J connectivity index is 1.66. The summed E-state index contributed by atoms with van der Waals surface area (Å²) in [6.07, 6.45) is -0.293. The van der Waals surface area contributed by atoms with Crippen LogP contribution in [0.25, 0.3) is 0 Å². The van der Waals surface area contributed by atoms with Crippen LogP contribution in [0, 0.1) is 5.82 Å². The van der Waals surface area contributed by atoms with Gasteiger partial charge in [0.05, 0.1) is 18.7 Å². The summed E-state index contributed by atoms with van der Waals surface area (Å²) in [6, 6.07) is 6.00. The van der Waals surface area contributed by atoms with E-state index in [1.807, 2.05) is 4.90 Å². The summed E-state index contributed by atoms with van der Waals surface area (Å²) >= 11 is 0. The van der Waals surface area contributed by atoms with Gasteiger partial charge in [-0.15, -0.1) is 0 Å². The highest BCUT2D eigenvalue weighted by molar-refractivity contribution is 6.06. The van der Waals surface area contributed by atoms with Gasteiger partial charge >= 0.3 is 0 Å². The van der Waals surface area contributed by atoms with Crippen LogP contribution in [0.15, 0.2) is 24.3 Å². The van der Waals surface area contributed by atoms with Crippen LogP contribution in [-0.4, -0.2) is 75.0 Å². The molecule has 140 valence electrons. The van der Waals surface area contributed by atoms with E-state index in [1.165, 1.54) is 11.0 Å². The molecular formula is C19H24FN3O3. The maximum absolute atomic E-state index is 14.1. The number of aliphatic hydroxyl groups excluding tert-OH is 1. The lowest BCUT2D eigenvalue weighted by Gasteiger charge is -2.59. The van der Waals surface area contributed by atoms with Crippen molar-refractivity contribution in [3.8, 4) is 0 Å². The number of likely N-dealkylation sites (tertiary alicyclic amines) is 1. The van der Waals surface area contributed by atoms with E-state index < -0.39 is 23.5 Å². The van der Waals surface area contributed by atoms with Crippen LogP contribution in [0.5, 0.6) is 0 Å². The van der Waals surface area contributed by atoms with Crippen LogP contribution < -0.4 is 0 Å². The second kappa shape index (κ2) is 6.11. The van der Waals surface area contributed by atoms with Crippen molar-refractivity contribution in [2.45, 2.75) is 50.5 Å². The molecule has 4 rings (SSSR count). The number of rotatable bonds is 3. The number of β-amino-alcohol motifs (C(OH)–C–C–N with tert-alkyl or cyclic N) is 1.